The predicted molar refractivity (Wildman–Crippen MR) is 59.7 cm³/mol. The number of nitrogens with zero attached hydrogens (tertiary/aromatic N) is 1. The summed E-state index contributed by atoms with van der Waals surface area (Å²) < 4.78 is 0.910. The molecule has 0 saturated heterocycles. The van der Waals surface area contributed by atoms with E-state index in [-0.39, 0.29) is 0 Å². The maximum absolute atomic E-state index is 5.56. The summed E-state index contributed by atoms with van der Waals surface area (Å²) in [6, 6.07) is 1.84. The first kappa shape index (κ1) is 10.3. The van der Waals surface area contributed by atoms with E-state index in [0.717, 1.165) is 16.8 Å². The van der Waals surface area contributed by atoms with E-state index in [4.69, 9.17) is 5.73 Å². The lowest BCUT2D eigenvalue weighted by atomic mass is 10.2. The van der Waals surface area contributed by atoms with Gasteiger partial charge in [0.1, 0.15) is 5.82 Å². The SMILES string of the molecule is CC(C)CNc1ncc(N)cc1Br. The van der Waals surface area contributed by atoms with Crippen molar-refractivity contribution in [3.8, 4) is 0 Å². The van der Waals surface area contributed by atoms with E-state index in [1.807, 2.05) is 6.07 Å². The maximum Gasteiger partial charge on any atom is 0.140 e. The molecule has 0 radical (unpaired) electrons. The van der Waals surface area contributed by atoms with Crippen molar-refractivity contribution in [3.63, 3.8) is 0 Å². The molecule has 0 aliphatic carbocycles. The zero-order valence-corrected chi connectivity index (χ0v) is 9.43. The summed E-state index contributed by atoms with van der Waals surface area (Å²) in [5.74, 6) is 1.45. The Morgan fingerprint density at radius 1 is 1.62 bits per heavy atom. The Hall–Kier alpha value is -0.770. The van der Waals surface area contributed by atoms with Crippen LogP contribution in [0.25, 0.3) is 0 Å². The number of anilines is 2. The van der Waals surface area contributed by atoms with Gasteiger partial charge in [-0.2, -0.15) is 0 Å². The number of pyridine rings is 1. The van der Waals surface area contributed by atoms with Gasteiger partial charge in [-0.1, -0.05) is 13.8 Å². The molecule has 0 aromatic carbocycles. The largest absolute Gasteiger partial charge is 0.397 e. The van der Waals surface area contributed by atoms with Crippen molar-refractivity contribution in [2.24, 2.45) is 5.92 Å². The Labute approximate surface area is 86.9 Å². The maximum atomic E-state index is 5.56. The van der Waals surface area contributed by atoms with Gasteiger partial charge in [-0.25, -0.2) is 4.98 Å². The Kier molecular flexibility index (Phi) is 3.54. The molecule has 1 aromatic heterocycles. The molecule has 3 N–H and O–H groups in total. The number of nitrogens with one attached hydrogen (secondary N) is 1. The molecular formula is C9H14BrN3. The molecule has 0 aliphatic rings. The lowest BCUT2D eigenvalue weighted by molar-refractivity contribution is 0.687. The van der Waals surface area contributed by atoms with Gasteiger partial charge in [0.15, 0.2) is 0 Å². The van der Waals surface area contributed by atoms with Crippen molar-refractivity contribution >= 4 is 27.4 Å². The average molecular weight is 244 g/mol. The van der Waals surface area contributed by atoms with Crippen molar-refractivity contribution in [3.05, 3.63) is 16.7 Å². The first-order valence-corrected chi connectivity index (χ1v) is 5.03. The van der Waals surface area contributed by atoms with Crippen LogP contribution in [-0.2, 0) is 0 Å². The molecule has 0 bridgehead atoms. The quantitative estimate of drug-likeness (QED) is 0.858. The lowest BCUT2D eigenvalue weighted by Gasteiger charge is -2.09. The summed E-state index contributed by atoms with van der Waals surface area (Å²) >= 11 is 3.39. The summed E-state index contributed by atoms with van der Waals surface area (Å²) in [4.78, 5) is 4.17. The van der Waals surface area contributed by atoms with Crippen LogP contribution in [0.5, 0.6) is 0 Å². The topological polar surface area (TPSA) is 50.9 Å². The van der Waals surface area contributed by atoms with Crippen LogP contribution in [-0.4, -0.2) is 11.5 Å². The highest BCUT2D eigenvalue weighted by molar-refractivity contribution is 9.10. The highest BCUT2D eigenvalue weighted by atomic mass is 79.9. The van der Waals surface area contributed by atoms with Crippen LogP contribution in [0.15, 0.2) is 16.7 Å². The van der Waals surface area contributed by atoms with E-state index in [1.165, 1.54) is 0 Å². The van der Waals surface area contributed by atoms with Gasteiger partial charge in [0.2, 0.25) is 0 Å². The lowest BCUT2D eigenvalue weighted by Crippen LogP contribution is -2.09. The molecule has 0 fully saturated rings. The first-order chi connectivity index (χ1) is 6.09. The minimum absolute atomic E-state index is 0.603. The van der Waals surface area contributed by atoms with E-state index >= 15 is 0 Å². The normalized spacial score (nSPS) is 10.5. The Morgan fingerprint density at radius 2 is 2.31 bits per heavy atom. The fraction of sp³-hybridized carbons (Fsp3) is 0.444. The van der Waals surface area contributed by atoms with Crippen LogP contribution in [0.3, 0.4) is 0 Å². The number of nitrogen functional groups attached to an aromatic ring is 1. The van der Waals surface area contributed by atoms with Crippen LogP contribution >= 0.6 is 15.9 Å². The standard InChI is InChI=1S/C9H14BrN3/c1-6(2)4-12-9-8(10)3-7(11)5-13-9/h3,5-6H,4,11H2,1-2H3,(H,12,13). The second-order valence-electron chi connectivity index (χ2n) is 3.37. The van der Waals surface area contributed by atoms with Gasteiger partial charge in [-0.05, 0) is 27.9 Å². The second-order valence-corrected chi connectivity index (χ2v) is 4.23. The average Bonchev–Trinajstić information content (AvgIpc) is 2.02. The summed E-state index contributed by atoms with van der Waals surface area (Å²) in [6.45, 7) is 5.21. The molecule has 0 unspecified atom stereocenters. The number of rotatable bonds is 3. The van der Waals surface area contributed by atoms with Gasteiger partial charge in [0, 0.05) is 6.54 Å². The van der Waals surface area contributed by atoms with Crippen molar-refractivity contribution in [1.82, 2.24) is 4.98 Å². The summed E-state index contributed by atoms with van der Waals surface area (Å²) in [7, 11) is 0. The van der Waals surface area contributed by atoms with Crippen LogP contribution in [0.1, 0.15) is 13.8 Å². The molecule has 1 rings (SSSR count). The van der Waals surface area contributed by atoms with Gasteiger partial charge >= 0.3 is 0 Å². The van der Waals surface area contributed by atoms with Gasteiger partial charge in [0.25, 0.3) is 0 Å². The molecule has 4 heteroatoms. The number of aromatic nitrogens is 1. The molecule has 0 spiro atoms. The Bertz CT molecular complexity index is 286. The number of halogens is 1. The summed E-state index contributed by atoms with van der Waals surface area (Å²) in [6.07, 6.45) is 1.65. The molecule has 1 heterocycles. The monoisotopic (exact) mass is 243 g/mol. The fourth-order valence-corrected chi connectivity index (χ4v) is 1.39. The van der Waals surface area contributed by atoms with Crippen molar-refractivity contribution in [1.29, 1.82) is 0 Å². The van der Waals surface area contributed by atoms with Crippen molar-refractivity contribution in [2.75, 3.05) is 17.6 Å². The van der Waals surface area contributed by atoms with Crippen molar-refractivity contribution in [2.45, 2.75) is 13.8 Å². The minimum Gasteiger partial charge on any atom is -0.397 e. The van der Waals surface area contributed by atoms with Gasteiger partial charge in [-0.15, -0.1) is 0 Å². The zero-order valence-electron chi connectivity index (χ0n) is 7.84. The number of hydrogen-bond donors (Lipinski definition) is 2. The van der Waals surface area contributed by atoms with Gasteiger partial charge in [-0.3, -0.25) is 0 Å². The summed E-state index contributed by atoms with van der Waals surface area (Å²) in [5.41, 5.74) is 6.23. The molecule has 0 saturated carbocycles. The van der Waals surface area contributed by atoms with Gasteiger partial charge in [0.05, 0.1) is 16.4 Å². The molecular weight excluding hydrogens is 230 g/mol. The molecule has 72 valence electrons. The van der Waals surface area contributed by atoms with Crippen LogP contribution in [0.4, 0.5) is 11.5 Å². The fourth-order valence-electron chi connectivity index (χ4n) is 0.884. The second kappa shape index (κ2) is 4.46. The van der Waals surface area contributed by atoms with Crippen LogP contribution in [0, 0.1) is 5.92 Å². The highest BCUT2D eigenvalue weighted by Gasteiger charge is 2.01. The molecule has 0 amide bonds. The molecule has 3 nitrogen and oxygen atoms in total. The van der Waals surface area contributed by atoms with E-state index in [1.54, 1.807) is 6.20 Å². The van der Waals surface area contributed by atoms with Gasteiger partial charge < -0.3 is 11.1 Å². The third-order valence-electron chi connectivity index (χ3n) is 1.54. The summed E-state index contributed by atoms with van der Waals surface area (Å²) in [5, 5.41) is 3.23. The number of nitrogens with two attached hydrogens (primary N) is 1. The molecule has 13 heavy (non-hydrogen) atoms. The Balaban J connectivity index is 2.67. The third kappa shape index (κ3) is 3.22. The van der Waals surface area contributed by atoms with Crippen LogP contribution in [0.2, 0.25) is 0 Å². The molecule has 0 aliphatic heterocycles. The highest BCUT2D eigenvalue weighted by Crippen LogP contribution is 2.21. The minimum atomic E-state index is 0.603. The van der Waals surface area contributed by atoms with E-state index in [9.17, 15) is 0 Å². The molecule has 0 atom stereocenters. The third-order valence-corrected chi connectivity index (χ3v) is 2.14. The van der Waals surface area contributed by atoms with Crippen molar-refractivity contribution < 1.29 is 0 Å². The first-order valence-electron chi connectivity index (χ1n) is 4.24. The van der Waals surface area contributed by atoms with Crippen LogP contribution < -0.4 is 11.1 Å². The predicted octanol–water partition coefficient (Wildman–Crippen LogP) is 2.49. The van der Waals surface area contributed by atoms with E-state index < -0.39 is 0 Å². The van der Waals surface area contributed by atoms with E-state index in [0.29, 0.717) is 11.6 Å². The smallest absolute Gasteiger partial charge is 0.140 e. The zero-order chi connectivity index (χ0) is 9.84. The number of hydrogen-bond acceptors (Lipinski definition) is 3. The Morgan fingerprint density at radius 3 is 2.85 bits per heavy atom. The molecule has 1 aromatic rings. The van der Waals surface area contributed by atoms with E-state index in [2.05, 4.69) is 40.1 Å².